The summed E-state index contributed by atoms with van der Waals surface area (Å²) in [4.78, 5) is 5.85. The zero-order valence-electron chi connectivity index (χ0n) is 10.1. The summed E-state index contributed by atoms with van der Waals surface area (Å²) in [6.45, 7) is 2.11. The maximum absolute atomic E-state index is 4.62. The smallest absolute Gasteiger partial charge is 0.0708 e. The van der Waals surface area contributed by atoms with Gasteiger partial charge >= 0.3 is 0 Å². The number of benzene rings is 2. The van der Waals surface area contributed by atoms with E-state index in [4.69, 9.17) is 0 Å². The van der Waals surface area contributed by atoms with Crippen molar-refractivity contribution in [3.8, 4) is 0 Å². The van der Waals surface area contributed by atoms with Crippen LogP contribution in [0, 0.1) is 6.92 Å². The summed E-state index contributed by atoms with van der Waals surface area (Å²) < 4.78 is 0. The zero-order chi connectivity index (χ0) is 12.4. The van der Waals surface area contributed by atoms with Gasteiger partial charge in [0.1, 0.15) is 0 Å². The molecular weight excluding hydrogens is 238 g/mol. The van der Waals surface area contributed by atoms with E-state index in [9.17, 15) is 0 Å². The molecule has 0 fully saturated rings. The van der Waals surface area contributed by atoms with Gasteiger partial charge in [0.15, 0.2) is 0 Å². The molecule has 0 N–H and O–H groups in total. The van der Waals surface area contributed by atoms with E-state index in [1.807, 2.05) is 6.21 Å². The van der Waals surface area contributed by atoms with E-state index >= 15 is 0 Å². The Balaban J connectivity index is 2.05. The van der Waals surface area contributed by atoms with Crippen LogP contribution in [0.5, 0.6) is 0 Å². The van der Waals surface area contributed by atoms with Gasteiger partial charge in [0.05, 0.1) is 5.69 Å². The Kier molecular flexibility index (Phi) is 2.95. The van der Waals surface area contributed by atoms with Gasteiger partial charge < -0.3 is 0 Å². The van der Waals surface area contributed by atoms with E-state index in [1.165, 1.54) is 21.2 Å². The molecule has 0 amide bonds. The third-order valence-corrected chi connectivity index (χ3v) is 3.94. The first-order valence-electron chi connectivity index (χ1n) is 5.90. The Bertz CT molecular complexity index is 704. The molecule has 0 atom stereocenters. The lowest BCUT2D eigenvalue weighted by Crippen LogP contribution is -1.78. The average molecular weight is 251 g/mol. The van der Waals surface area contributed by atoms with Crippen molar-refractivity contribution in [2.45, 2.75) is 6.92 Å². The summed E-state index contributed by atoms with van der Waals surface area (Å²) >= 11 is 1.72. The summed E-state index contributed by atoms with van der Waals surface area (Å²) in [5, 5.41) is 4.53. The van der Waals surface area contributed by atoms with Crippen LogP contribution in [0.3, 0.4) is 0 Å². The number of aryl methyl sites for hydroxylation is 1. The van der Waals surface area contributed by atoms with Crippen LogP contribution in [0.4, 0.5) is 5.69 Å². The first kappa shape index (κ1) is 11.2. The van der Waals surface area contributed by atoms with Crippen LogP contribution in [0.15, 0.2) is 58.9 Å². The molecule has 3 aromatic rings. The van der Waals surface area contributed by atoms with Crippen molar-refractivity contribution in [1.29, 1.82) is 0 Å². The van der Waals surface area contributed by atoms with Crippen molar-refractivity contribution in [2.24, 2.45) is 4.99 Å². The standard InChI is InChI=1S/C16H13NS/c1-12-9-10-18-16(12)11-17-15-8-4-6-13-5-2-3-7-14(13)15/h2-11H,1H3. The molecule has 0 unspecified atom stereocenters. The van der Waals surface area contributed by atoms with Crippen LogP contribution in [-0.2, 0) is 0 Å². The largest absolute Gasteiger partial charge is 0.255 e. The minimum Gasteiger partial charge on any atom is -0.255 e. The lowest BCUT2D eigenvalue weighted by atomic mass is 10.1. The zero-order valence-corrected chi connectivity index (χ0v) is 10.9. The molecule has 2 aromatic carbocycles. The Morgan fingerprint density at radius 3 is 2.67 bits per heavy atom. The first-order valence-corrected chi connectivity index (χ1v) is 6.78. The van der Waals surface area contributed by atoms with Crippen molar-refractivity contribution in [3.63, 3.8) is 0 Å². The van der Waals surface area contributed by atoms with Crippen LogP contribution in [-0.4, -0.2) is 6.21 Å². The van der Waals surface area contributed by atoms with Crippen LogP contribution >= 0.6 is 11.3 Å². The summed E-state index contributed by atoms with van der Waals surface area (Å²) in [7, 11) is 0. The Morgan fingerprint density at radius 1 is 1.00 bits per heavy atom. The second-order valence-corrected chi connectivity index (χ2v) is 5.17. The molecule has 0 bridgehead atoms. The van der Waals surface area contributed by atoms with E-state index in [-0.39, 0.29) is 0 Å². The molecule has 0 aliphatic heterocycles. The van der Waals surface area contributed by atoms with Crippen molar-refractivity contribution >= 4 is 34.0 Å². The maximum Gasteiger partial charge on any atom is 0.0708 e. The quantitative estimate of drug-likeness (QED) is 0.571. The lowest BCUT2D eigenvalue weighted by molar-refractivity contribution is 1.52. The fraction of sp³-hybridized carbons (Fsp3) is 0.0625. The van der Waals surface area contributed by atoms with Gasteiger partial charge in [-0.05, 0) is 35.4 Å². The molecule has 1 heterocycles. The van der Waals surface area contributed by atoms with Crippen molar-refractivity contribution in [3.05, 3.63) is 64.4 Å². The average Bonchev–Trinajstić information content (AvgIpc) is 2.82. The number of nitrogens with zero attached hydrogens (tertiary/aromatic N) is 1. The Hall–Kier alpha value is -1.93. The predicted octanol–water partition coefficient (Wildman–Crippen LogP) is 4.96. The molecule has 88 valence electrons. The molecule has 18 heavy (non-hydrogen) atoms. The van der Waals surface area contributed by atoms with Gasteiger partial charge in [-0.25, -0.2) is 0 Å². The van der Waals surface area contributed by atoms with Crippen LogP contribution in [0.2, 0.25) is 0 Å². The highest BCUT2D eigenvalue weighted by Crippen LogP contribution is 2.26. The minimum absolute atomic E-state index is 1.03. The molecule has 0 radical (unpaired) electrons. The number of rotatable bonds is 2. The van der Waals surface area contributed by atoms with E-state index in [0.717, 1.165) is 5.69 Å². The van der Waals surface area contributed by atoms with Gasteiger partial charge in [-0.15, -0.1) is 11.3 Å². The topological polar surface area (TPSA) is 12.4 Å². The fourth-order valence-electron chi connectivity index (χ4n) is 1.97. The molecule has 1 aromatic heterocycles. The van der Waals surface area contributed by atoms with E-state index in [2.05, 4.69) is 65.8 Å². The second-order valence-electron chi connectivity index (χ2n) is 4.22. The van der Waals surface area contributed by atoms with Crippen molar-refractivity contribution in [2.75, 3.05) is 0 Å². The predicted molar refractivity (Wildman–Crippen MR) is 80.3 cm³/mol. The van der Waals surface area contributed by atoms with Crippen LogP contribution in [0.25, 0.3) is 10.8 Å². The first-order chi connectivity index (χ1) is 8.84. The fourth-order valence-corrected chi connectivity index (χ4v) is 2.75. The SMILES string of the molecule is Cc1ccsc1C=Nc1cccc2ccccc12. The highest BCUT2D eigenvalue weighted by molar-refractivity contribution is 7.11. The molecule has 0 saturated carbocycles. The number of thiophene rings is 1. The number of aliphatic imine (C=N–C) groups is 1. The van der Waals surface area contributed by atoms with Gasteiger partial charge in [-0.1, -0.05) is 36.4 Å². The maximum atomic E-state index is 4.62. The number of fused-ring (bicyclic) bond motifs is 1. The molecule has 1 nitrogen and oxygen atoms in total. The lowest BCUT2D eigenvalue weighted by Gasteiger charge is -2.00. The summed E-state index contributed by atoms with van der Waals surface area (Å²) in [5.41, 5.74) is 2.31. The molecule has 2 heteroatoms. The van der Waals surface area contributed by atoms with Crippen LogP contribution < -0.4 is 0 Å². The molecule has 0 saturated heterocycles. The van der Waals surface area contributed by atoms with Gasteiger partial charge in [0.25, 0.3) is 0 Å². The molecule has 0 spiro atoms. The monoisotopic (exact) mass is 251 g/mol. The highest BCUT2D eigenvalue weighted by Gasteiger charge is 1.99. The number of hydrogen-bond acceptors (Lipinski definition) is 2. The van der Waals surface area contributed by atoms with Gasteiger partial charge in [0, 0.05) is 16.5 Å². The van der Waals surface area contributed by atoms with Crippen molar-refractivity contribution < 1.29 is 0 Å². The number of hydrogen-bond donors (Lipinski definition) is 0. The van der Waals surface area contributed by atoms with Gasteiger partial charge in [-0.2, -0.15) is 0 Å². The minimum atomic E-state index is 1.03. The third-order valence-electron chi connectivity index (χ3n) is 2.99. The van der Waals surface area contributed by atoms with E-state index in [0.29, 0.717) is 0 Å². The van der Waals surface area contributed by atoms with Crippen molar-refractivity contribution in [1.82, 2.24) is 0 Å². The molecular formula is C16H13NS. The second kappa shape index (κ2) is 4.75. The van der Waals surface area contributed by atoms with E-state index in [1.54, 1.807) is 11.3 Å². The Labute approximate surface area is 110 Å². The molecule has 0 aliphatic rings. The normalized spacial score (nSPS) is 11.4. The summed E-state index contributed by atoms with van der Waals surface area (Å²) in [5.74, 6) is 0. The Morgan fingerprint density at radius 2 is 1.83 bits per heavy atom. The van der Waals surface area contributed by atoms with Gasteiger partial charge in [0.2, 0.25) is 0 Å². The summed E-state index contributed by atoms with van der Waals surface area (Å²) in [6, 6.07) is 16.7. The van der Waals surface area contributed by atoms with Gasteiger partial charge in [-0.3, -0.25) is 4.99 Å². The highest BCUT2D eigenvalue weighted by atomic mass is 32.1. The van der Waals surface area contributed by atoms with E-state index < -0.39 is 0 Å². The molecule has 0 aliphatic carbocycles. The van der Waals surface area contributed by atoms with Crippen LogP contribution in [0.1, 0.15) is 10.4 Å². The molecule has 3 rings (SSSR count). The third kappa shape index (κ3) is 2.07. The summed E-state index contributed by atoms with van der Waals surface area (Å²) in [6.07, 6.45) is 1.96.